The molecule has 0 aliphatic heterocycles. The zero-order valence-corrected chi connectivity index (χ0v) is 9.21. The number of aromatic nitrogens is 1. The summed E-state index contributed by atoms with van der Waals surface area (Å²) in [4.78, 5) is 12.0. The van der Waals surface area contributed by atoms with E-state index < -0.39 is 0 Å². The van der Waals surface area contributed by atoms with Gasteiger partial charge in [0.2, 0.25) is 0 Å². The summed E-state index contributed by atoms with van der Waals surface area (Å²) in [5.74, 6) is 0. The molecule has 0 radical (unpaired) electrons. The predicted molar refractivity (Wildman–Crippen MR) is 69.5 cm³/mol. The molecule has 2 nitrogen and oxygen atoms in total. The van der Waals surface area contributed by atoms with E-state index in [1.54, 1.807) is 10.6 Å². The van der Waals surface area contributed by atoms with Crippen LogP contribution in [-0.4, -0.2) is 4.57 Å². The molecule has 3 aromatic rings. The Hall–Kier alpha value is -2.35. The summed E-state index contributed by atoms with van der Waals surface area (Å²) in [5.41, 5.74) is 0.887. The van der Waals surface area contributed by atoms with E-state index in [1.165, 1.54) is 0 Å². The second kappa shape index (κ2) is 3.91. The fourth-order valence-corrected chi connectivity index (χ4v) is 1.96. The lowest BCUT2D eigenvalue weighted by Gasteiger charge is -2.06. The summed E-state index contributed by atoms with van der Waals surface area (Å²) in [5, 5.41) is 2.04. The van der Waals surface area contributed by atoms with Crippen LogP contribution in [0.1, 0.15) is 0 Å². The molecule has 0 N–H and O–H groups in total. The maximum Gasteiger partial charge on any atom is 0.255 e. The first-order chi connectivity index (χ1) is 8.34. The van der Waals surface area contributed by atoms with Gasteiger partial charge in [-0.05, 0) is 22.9 Å². The van der Waals surface area contributed by atoms with Gasteiger partial charge in [0.05, 0.1) is 0 Å². The molecular formula is C15H11NO. The van der Waals surface area contributed by atoms with Gasteiger partial charge in [-0.15, -0.1) is 0 Å². The van der Waals surface area contributed by atoms with Crippen molar-refractivity contribution >= 4 is 10.8 Å². The van der Waals surface area contributed by atoms with Crippen molar-refractivity contribution in [3.63, 3.8) is 0 Å². The SMILES string of the molecule is O=c1cc2ccccc2cn1-c1ccccc1. The zero-order chi connectivity index (χ0) is 11.7. The molecule has 0 aliphatic carbocycles. The minimum atomic E-state index is -0.00472. The normalized spacial score (nSPS) is 10.6. The van der Waals surface area contributed by atoms with Crippen LogP contribution < -0.4 is 5.56 Å². The average Bonchev–Trinajstić information content (AvgIpc) is 2.39. The molecular weight excluding hydrogens is 210 g/mol. The first-order valence-corrected chi connectivity index (χ1v) is 5.51. The minimum Gasteiger partial charge on any atom is -0.284 e. The number of para-hydroxylation sites is 1. The van der Waals surface area contributed by atoms with Gasteiger partial charge in [0, 0.05) is 18.0 Å². The van der Waals surface area contributed by atoms with Crippen LogP contribution in [0.25, 0.3) is 16.5 Å². The highest BCUT2D eigenvalue weighted by Crippen LogP contribution is 2.12. The third-order valence-corrected chi connectivity index (χ3v) is 2.81. The van der Waals surface area contributed by atoms with Gasteiger partial charge in [0.25, 0.3) is 5.56 Å². The monoisotopic (exact) mass is 221 g/mol. The van der Waals surface area contributed by atoms with E-state index >= 15 is 0 Å². The van der Waals surface area contributed by atoms with Crippen LogP contribution in [0.3, 0.4) is 0 Å². The second-order valence-electron chi connectivity index (χ2n) is 3.95. The molecule has 1 heterocycles. The summed E-state index contributed by atoms with van der Waals surface area (Å²) < 4.78 is 1.67. The highest BCUT2D eigenvalue weighted by Gasteiger charge is 2.00. The lowest BCUT2D eigenvalue weighted by Crippen LogP contribution is -2.16. The van der Waals surface area contributed by atoms with Gasteiger partial charge in [0.1, 0.15) is 0 Å². The third-order valence-electron chi connectivity index (χ3n) is 2.81. The number of rotatable bonds is 1. The van der Waals surface area contributed by atoms with Gasteiger partial charge in [-0.1, -0.05) is 42.5 Å². The molecule has 17 heavy (non-hydrogen) atoms. The Morgan fingerprint density at radius 3 is 2.18 bits per heavy atom. The Labute approximate surface area is 98.8 Å². The van der Waals surface area contributed by atoms with Crippen molar-refractivity contribution in [2.45, 2.75) is 0 Å². The average molecular weight is 221 g/mol. The van der Waals surface area contributed by atoms with Crippen molar-refractivity contribution in [1.29, 1.82) is 0 Å². The van der Waals surface area contributed by atoms with Crippen LogP contribution >= 0.6 is 0 Å². The van der Waals surface area contributed by atoms with Crippen LogP contribution in [0.2, 0.25) is 0 Å². The summed E-state index contributed by atoms with van der Waals surface area (Å²) in [6, 6.07) is 19.2. The quantitative estimate of drug-likeness (QED) is 0.619. The van der Waals surface area contributed by atoms with E-state index in [0.717, 1.165) is 16.5 Å². The standard InChI is InChI=1S/C15H11NO/c17-15-10-12-6-4-5-7-13(12)11-16(15)14-8-2-1-3-9-14/h1-11H. The van der Waals surface area contributed by atoms with Gasteiger partial charge in [-0.3, -0.25) is 9.36 Å². The molecule has 0 aliphatic rings. The van der Waals surface area contributed by atoms with Crippen molar-refractivity contribution in [1.82, 2.24) is 4.57 Å². The van der Waals surface area contributed by atoms with E-state index in [1.807, 2.05) is 60.8 Å². The van der Waals surface area contributed by atoms with Crippen LogP contribution in [0.15, 0.2) is 71.7 Å². The maximum absolute atomic E-state index is 12.0. The molecule has 2 heteroatoms. The first kappa shape index (κ1) is 9.85. The van der Waals surface area contributed by atoms with E-state index in [0.29, 0.717) is 0 Å². The van der Waals surface area contributed by atoms with E-state index in [9.17, 15) is 4.79 Å². The molecule has 0 atom stereocenters. The van der Waals surface area contributed by atoms with E-state index in [2.05, 4.69) is 0 Å². The zero-order valence-electron chi connectivity index (χ0n) is 9.21. The van der Waals surface area contributed by atoms with Crippen molar-refractivity contribution in [2.75, 3.05) is 0 Å². The fourth-order valence-electron chi connectivity index (χ4n) is 1.96. The number of nitrogens with zero attached hydrogens (tertiary/aromatic N) is 1. The second-order valence-corrected chi connectivity index (χ2v) is 3.95. The number of fused-ring (bicyclic) bond motifs is 1. The largest absolute Gasteiger partial charge is 0.284 e. The molecule has 1 aromatic heterocycles. The molecule has 0 saturated carbocycles. The summed E-state index contributed by atoms with van der Waals surface area (Å²) in [7, 11) is 0. The Bertz CT molecular complexity index is 714. The summed E-state index contributed by atoms with van der Waals surface area (Å²) in [6.45, 7) is 0. The molecule has 3 rings (SSSR count). The molecule has 2 aromatic carbocycles. The molecule has 0 spiro atoms. The van der Waals surface area contributed by atoms with Crippen molar-refractivity contribution in [3.05, 3.63) is 77.2 Å². The Morgan fingerprint density at radius 2 is 1.41 bits per heavy atom. The minimum absolute atomic E-state index is 0.00472. The van der Waals surface area contributed by atoms with Crippen molar-refractivity contribution < 1.29 is 0 Å². The van der Waals surface area contributed by atoms with Crippen LogP contribution in [0, 0.1) is 0 Å². The topological polar surface area (TPSA) is 22.0 Å². The fraction of sp³-hybridized carbons (Fsp3) is 0. The Morgan fingerprint density at radius 1 is 0.765 bits per heavy atom. The highest BCUT2D eigenvalue weighted by molar-refractivity contribution is 5.81. The van der Waals surface area contributed by atoms with Crippen LogP contribution in [0.5, 0.6) is 0 Å². The summed E-state index contributed by atoms with van der Waals surface area (Å²) >= 11 is 0. The Balaban J connectivity index is 2.31. The van der Waals surface area contributed by atoms with Gasteiger partial charge in [-0.2, -0.15) is 0 Å². The van der Waals surface area contributed by atoms with Crippen molar-refractivity contribution in [2.24, 2.45) is 0 Å². The van der Waals surface area contributed by atoms with Gasteiger partial charge in [0.15, 0.2) is 0 Å². The van der Waals surface area contributed by atoms with Gasteiger partial charge < -0.3 is 0 Å². The summed E-state index contributed by atoms with van der Waals surface area (Å²) in [6.07, 6.45) is 1.88. The van der Waals surface area contributed by atoms with E-state index in [4.69, 9.17) is 0 Å². The van der Waals surface area contributed by atoms with Gasteiger partial charge >= 0.3 is 0 Å². The maximum atomic E-state index is 12.0. The third kappa shape index (κ3) is 1.74. The molecule has 0 unspecified atom stereocenters. The lowest BCUT2D eigenvalue weighted by molar-refractivity contribution is 1.00. The number of hydrogen-bond donors (Lipinski definition) is 0. The predicted octanol–water partition coefficient (Wildman–Crippen LogP) is 2.99. The Kier molecular flexibility index (Phi) is 2.26. The lowest BCUT2D eigenvalue weighted by atomic mass is 10.2. The van der Waals surface area contributed by atoms with Gasteiger partial charge in [-0.25, -0.2) is 0 Å². The van der Waals surface area contributed by atoms with Crippen molar-refractivity contribution in [3.8, 4) is 5.69 Å². The van der Waals surface area contributed by atoms with Crippen LogP contribution in [-0.2, 0) is 0 Å². The highest BCUT2D eigenvalue weighted by atomic mass is 16.1. The number of benzene rings is 2. The molecule has 0 amide bonds. The molecule has 0 bridgehead atoms. The first-order valence-electron chi connectivity index (χ1n) is 5.51. The number of hydrogen-bond acceptors (Lipinski definition) is 1. The molecule has 82 valence electrons. The smallest absolute Gasteiger partial charge is 0.255 e. The molecule has 0 fully saturated rings. The van der Waals surface area contributed by atoms with Crippen LogP contribution in [0.4, 0.5) is 0 Å². The number of pyridine rings is 1. The van der Waals surface area contributed by atoms with E-state index in [-0.39, 0.29) is 5.56 Å². The molecule has 0 saturated heterocycles.